The second kappa shape index (κ2) is 29.1. The van der Waals surface area contributed by atoms with Crippen molar-refractivity contribution in [3.05, 3.63) is 0 Å². The predicted molar refractivity (Wildman–Crippen MR) is 193 cm³/mol. The maximum absolute atomic E-state index is 12.9. The van der Waals surface area contributed by atoms with Crippen molar-refractivity contribution in [3.63, 3.8) is 0 Å². The van der Waals surface area contributed by atoms with Gasteiger partial charge >= 0.3 is 30.0 Å². The normalized spacial score (nSPS) is 13.5. The van der Waals surface area contributed by atoms with Gasteiger partial charge in [0.05, 0.1) is 18.4 Å². The monoisotopic (exact) mass is 745 g/mol. The Bertz CT molecular complexity index is 1030. The smallest absolute Gasteiger partial charge is 0.410 e. The Morgan fingerprint density at radius 2 is 1.13 bits per heavy atom. The minimum Gasteiger partial charge on any atom is -0.464 e. The zero-order valence-corrected chi connectivity index (χ0v) is 32.8. The molecule has 0 aliphatic carbocycles. The quantitative estimate of drug-likeness (QED) is 0.0387. The van der Waals surface area contributed by atoms with Gasteiger partial charge in [0.25, 0.3) is 6.47 Å². The van der Waals surface area contributed by atoms with E-state index in [0.717, 1.165) is 51.4 Å². The summed E-state index contributed by atoms with van der Waals surface area (Å²) in [5.74, 6) is -2.72. The molecule has 0 saturated carbocycles. The van der Waals surface area contributed by atoms with Crippen LogP contribution in [0.4, 0.5) is 4.79 Å². The van der Waals surface area contributed by atoms with Gasteiger partial charge in [-0.3, -0.25) is 24.0 Å². The Kier molecular flexibility index (Phi) is 27.2. The van der Waals surface area contributed by atoms with E-state index in [0.29, 0.717) is 12.8 Å². The standard InChI is InChI=1S/C38H67NO13/c1-8-10-12-14-18-29(3)35(44)48-26-31(24-40)50-33(42)20-16-22-39(37(46)52-38(5,6)7)23-17-21-34(43)51-32(25-47-28-41)27-49-36(45)30(4)19-15-13-11-9-2/h28-32,40H,8-27H2,1-7H3. The summed E-state index contributed by atoms with van der Waals surface area (Å²) in [7, 11) is 0. The predicted octanol–water partition coefficient (Wildman–Crippen LogP) is 6.07. The minimum absolute atomic E-state index is 0.0892. The van der Waals surface area contributed by atoms with Crippen molar-refractivity contribution >= 4 is 36.4 Å². The van der Waals surface area contributed by atoms with E-state index in [1.54, 1.807) is 34.6 Å². The first kappa shape index (κ1) is 48.6. The first-order chi connectivity index (χ1) is 24.7. The van der Waals surface area contributed by atoms with Crippen LogP contribution in [0, 0.1) is 11.8 Å². The average Bonchev–Trinajstić information content (AvgIpc) is 3.09. The van der Waals surface area contributed by atoms with Crippen LogP contribution in [0.1, 0.15) is 138 Å². The van der Waals surface area contributed by atoms with Crippen LogP contribution in [-0.4, -0.2) is 104 Å². The molecule has 0 aromatic heterocycles. The summed E-state index contributed by atoms with van der Waals surface area (Å²) in [6.07, 6.45) is 7.22. The molecule has 1 N–H and O–H groups in total. The summed E-state index contributed by atoms with van der Waals surface area (Å²) >= 11 is 0. The highest BCUT2D eigenvalue weighted by molar-refractivity contribution is 5.73. The molecule has 0 spiro atoms. The Labute approximate surface area is 310 Å². The lowest BCUT2D eigenvalue weighted by atomic mass is 10.0. The molecule has 0 aliphatic rings. The molecule has 1 amide bonds. The molecule has 0 radical (unpaired) electrons. The van der Waals surface area contributed by atoms with E-state index in [1.807, 2.05) is 0 Å². The molecule has 302 valence electrons. The highest BCUT2D eigenvalue weighted by Gasteiger charge is 2.25. The van der Waals surface area contributed by atoms with Gasteiger partial charge in [0, 0.05) is 25.9 Å². The van der Waals surface area contributed by atoms with Crippen molar-refractivity contribution < 1.29 is 62.3 Å². The zero-order valence-electron chi connectivity index (χ0n) is 32.8. The van der Waals surface area contributed by atoms with E-state index < -0.39 is 54.4 Å². The number of nitrogens with zero attached hydrogens (tertiary/aromatic N) is 1. The molecule has 0 aromatic carbocycles. The fourth-order valence-electron chi connectivity index (χ4n) is 4.95. The highest BCUT2D eigenvalue weighted by atomic mass is 16.6. The van der Waals surface area contributed by atoms with Gasteiger partial charge in [-0.25, -0.2) is 4.79 Å². The van der Waals surface area contributed by atoms with Gasteiger partial charge in [-0.1, -0.05) is 79.1 Å². The van der Waals surface area contributed by atoms with Gasteiger partial charge in [-0.05, 0) is 46.5 Å². The second-order valence-corrected chi connectivity index (χ2v) is 14.3. The second-order valence-electron chi connectivity index (χ2n) is 14.3. The number of aliphatic hydroxyl groups is 1. The lowest BCUT2D eigenvalue weighted by Crippen LogP contribution is -2.38. The van der Waals surface area contributed by atoms with Crippen molar-refractivity contribution in [3.8, 4) is 0 Å². The first-order valence-electron chi connectivity index (χ1n) is 19.0. The number of aliphatic hydroxyl groups excluding tert-OH is 1. The maximum Gasteiger partial charge on any atom is 0.410 e. The molecule has 0 fully saturated rings. The molecule has 0 rings (SSSR count). The molecule has 0 aliphatic heterocycles. The Morgan fingerprint density at radius 3 is 1.56 bits per heavy atom. The van der Waals surface area contributed by atoms with Gasteiger partial charge in [0.1, 0.15) is 25.4 Å². The molecule has 0 aromatic rings. The molecular formula is C38H67NO13. The van der Waals surface area contributed by atoms with Gasteiger partial charge in [0.2, 0.25) is 0 Å². The van der Waals surface area contributed by atoms with Crippen molar-refractivity contribution in [2.24, 2.45) is 11.8 Å². The summed E-state index contributed by atoms with van der Waals surface area (Å²) in [4.78, 5) is 75.0. The van der Waals surface area contributed by atoms with E-state index in [2.05, 4.69) is 13.8 Å². The summed E-state index contributed by atoms with van der Waals surface area (Å²) < 4.78 is 31.6. The van der Waals surface area contributed by atoms with Crippen molar-refractivity contribution in [1.82, 2.24) is 4.90 Å². The Hall–Kier alpha value is -3.42. The Morgan fingerprint density at radius 1 is 0.673 bits per heavy atom. The van der Waals surface area contributed by atoms with Crippen LogP contribution in [0.2, 0.25) is 0 Å². The minimum atomic E-state index is -1.01. The topological polar surface area (TPSA) is 181 Å². The molecule has 52 heavy (non-hydrogen) atoms. The summed E-state index contributed by atoms with van der Waals surface area (Å²) in [6, 6.07) is 0. The van der Waals surface area contributed by atoms with Gasteiger partial charge in [-0.2, -0.15) is 0 Å². The lowest BCUT2D eigenvalue weighted by molar-refractivity contribution is -0.165. The van der Waals surface area contributed by atoms with Crippen LogP contribution < -0.4 is 0 Å². The van der Waals surface area contributed by atoms with Crippen LogP contribution in [0.15, 0.2) is 0 Å². The zero-order chi connectivity index (χ0) is 39.4. The number of carbonyl (C=O) groups excluding carboxylic acids is 6. The molecule has 14 heteroatoms. The number of rotatable bonds is 30. The summed E-state index contributed by atoms with van der Waals surface area (Å²) in [5.41, 5.74) is -0.789. The molecule has 4 atom stereocenters. The number of amides is 1. The molecule has 0 heterocycles. The molecule has 0 bridgehead atoms. The third kappa shape index (κ3) is 25.5. The van der Waals surface area contributed by atoms with Crippen molar-refractivity contribution in [1.29, 1.82) is 0 Å². The highest BCUT2D eigenvalue weighted by Crippen LogP contribution is 2.15. The van der Waals surface area contributed by atoms with E-state index in [1.165, 1.54) is 4.90 Å². The van der Waals surface area contributed by atoms with E-state index >= 15 is 0 Å². The van der Waals surface area contributed by atoms with Crippen LogP contribution in [0.3, 0.4) is 0 Å². The van der Waals surface area contributed by atoms with E-state index in [9.17, 15) is 33.9 Å². The maximum atomic E-state index is 12.9. The van der Waals surface area contributed by atoms with E-state index in [-0.39, 0.29) is 76.9 Å². The number of unbranched alkanes of at least 4 members (excludes halogenated alkanes) is 6. The number of esters is 4. The molecular weight excluding hydrogens is 678 g/mol. The van der Waals surface area contributed by atoms with Crippen molar-refractivity contribution in [2.45, 2.75) is 156 Å². The number of carbonyl (C=O) groups is 6. The Balaban J connectivity index is 4.95. The SMILES string of the molecule is CCCCCCC(C)C(=O)OCC(CO)OC(=O)CCCN(CCCC(=O)OC(COC=O)COC(=O)C(C)CCCCCC)C(=O)OC(C)(C)C. The summed E-state index contributed by atoms with van der Waals surface area (Å²) in [6.45, 7) is 12.0. The first-order valence-corrected chi connectivity index (χ1v) is 19.0. The van der Waals surface area contributed by atoms with Gasteiger partial charge < -0.3 is 38.4 Å². The largest absolute Gasteiger partial charge is 0.464 e. The van der Waals surface area contributed by atoms with Crippen LogP contribution in [0.25, 0.3) is 0 Å². The summed E-state index contributed by atoms with van der Waals surface area (Å²) in [5, 5.41) is 9.66. The fraction of sp³-hybridized carbons (Fsp3) is 0.842. The fourth-order valence-corrected chi connectivity index (χ4v) is 4.95. The lowest BCUT2D eigenvalue weighted by Gasteiger charge is -2.27. The van der Waals surface area contributed by atoms with E-state index in [4.69, 9.17) is 28.4 Å². The van der Waals surface area contributed by atoms with Crippen molar-refractivity contribution in [2.75, 3.05) is 39.5 Å². The average molecular weight is 746 g/mol. The van der Waals surface area contributed by atoms with Crippen LogP contribution in [0.5, 0.6) is 0 Å². The van der Waals surface area contributed by atoms with Crippen LogP contribution >= 0.6 is 0 Å². The molecule has 4 unspecified atom stereocenters. The van der Waals surface area contributed by atoms with Gasteiger partial charge in [0.15, 0.2) is 12.2 Å². The third-order valence-electron chi connectivity index (χ3n) is 8.03. The number of hydrogen-bond donors (Lipinski definition) is 1. The number of ether oxygens (including phenoxy) is 6. The third-order valence-corrected chi connectivity index (χ3v) is 8.03. The van der Waals surface area contributed by atoms with Crippen LogP contribution in [-0.2, 0) is 52.4 Å². The van der Waals surface area contributed by atoms with Gasteiger partial charge in [-0.15, -0.1) is 0 Å². The molecule has 0 saturated heterocycles. The number of hydrogen-bond acceptors (Lipinski definition) is 13. The molecule has 14 nitrogen and oxygen atoms in total.